The summed E-state index contributed by atoms with van der Waals surface area (Å²) in [6, 6.07) is 13.3. The fourth-order valence-corrected chi connectivity index (χ4v) is 3.41. The average Bonchev–Trinajstić information content (AvgIpc) is 2.60. The first-order chi connectivity index (χ1) is 11.5. The van der Waals surface area contributed by atoms with E-state index in [1.54, 1.807) is 18.3 Å². The predicted molar refractivity (Wildman–Crippen MR) is 93.7 cm³/mol. The number of hydrogen-bond donors (Lipinski definition) is 1. The molecule has 0 saturated carbocycles. The molecular formula is C17H23N3O3S. The van der Waals surface area contributed by atoms with Gasteiger partial charge in [-0.3, -0.25) is 0 Å². The van der Waals surface area contributed by atoms with Crippen LogP contribution in [0.15, 0.2) is 48.7 Å². The lowest BCUT2D eigenvalue weighted by Gasteiger charge is -2.18. The Morgan fingerprint density at radius 1 is 1.08 bits per heavy atom. The topological polar surface area (TPSA) is 71.5 Å². The molecule has 0 aliphatic carbocycles. The van der Waals surface area contributed by atoms with Gasteiger partial charge in [-0.2, -0.15) is 17.4 Å². The number of hydrogen-bond acceptors (Lipinski definition) is 4. The molecule has 130 valence electrons. The summed E-state index contributed by atoms with van der Waals surface area (Å²) in [5.41, 5.74) is 1.84. The van der Waals surface area contributed by atoms with Gasteiger partial charge < -0.3 is 4.74 Å². The Balaban J connectivity index is 1.95. The zero-order valence-electron chi connectivity index (χ0n) is 14.0. The molecule has 1 aromatic heterocycles. The minimum Gasteiger partial charge on any atom is -0.473 e. The van der Waals surface area contributed by atoms with E-state index in [1.165, 1.54) is 4.31 Å². The first-order valence-electron chi connectivity index (χ1n) is 7.91. The number of nitrogens with zero attached hydrogens (tertiary/aromatic N) is 2. The van der Waals surface area contributed by atoms with Crippen LogP contribution in [0.3, 0.4) is 0 Å². The molecule has 2 aromatic rings. The van der Waals surface area contributed by atoms with Crippen LogP contribution in [0, 0.1) is 0 Å². The minimum absolute atomic E-state index is 0.197. The molecule has 0 saturated heterocycles. The molecule has 0 spiro atoms. The average molecular weight is 349 g/mol. The number of rotatable bonds is 9. The van der Waals surface area contributed by atoms with Crippen LogP contribution in [0.5, 0.6) is 5.88 Å². The third-order valence-electron chi connectivity index (χ3n) is 3.53. The molecule has 7 heteroatoms. The summed E-state index contributed by atoms with van der Waals surface area (Å²) in [4.78, 5) is 4.16. The quantitative estimate of drug-likeness (QED) is 0.754. The van der Waals surface area contributed by atoms with E-state index in [0.717, 1.165) is 11.1 Å². The monoisotopic (exact) mass is 349 g/mol. The maximum atomic E-state index is 12.1. The summed E-state index contributed by atoms with van der Waals surface area (Å²) in [6.07, 6.45) is 1.61. The normalized spacial score (nSPS) is 11.6. The second-order valence-electron chi connectivity index (χ2n) is 5.19. The zero-order chi connectivity index (χ0) is 17.4. The molecule has 0 fully saturated rings. The molecule has 0 aliphatic heterocycles. The molecular weight excluding hydrogens is 326 g/mol. The van der Waals surface area contributed by atoms with Gasteiger partial charge in [0.25, 0.3) is 10.2 Å². The van der Waals surface area contributed by atoms with Crippen LogP contribution in [0.2, 0.25) is 0 Å². The van der Waals surface area contributed by atoms with Gasteiger partial charge in [0.15, 0.2) is 0 Å². The fourth-order valence-electron chi connectivity index (χ4n) is 2.20. The molecule has 0 amide bonds. The van der Waals surface area contributed by atoms with Crippen LogP contribution in [0.1, 0.15) is 25.0 Å². The van der Waals surface area contributed by atoms with Crippen molar-refractivity contribution in [1.82, 2.24) is 14.0 Å². The lowest BCUT2D eigenvalue weighted by molar-refractivity contribution is 0.293. The number of benzene rings is 1. The summed E-state index contributed by atoms with van der Waals surface area (Å²) in [7, 11) is -3.47. The van der Waals surface area contributed by atoms with Gasteiger partial charge in [-0.15, -0.1) is 0 Å². The Morgan fingerprint density at radius 3 is 2.46 bits per heavy atom. The van der Waals surface area contributed by atoms with Crippen molar-refractivity contribution in [3.8, 4) is 5.88 Å². The largest absolute Gasteiger partial charge is 0.473 e. The summed E-state index contributed by atoms with van der Waals surface area (Å²) in [6.45, 7) is 5.11. The lowest BCUT2D eigenvalue weighted by atomic mass is 10.2. The highest BCUT2D eigenvalue weighted by molar-refractivity contribution is 7.87. The fraction of sp³-hybridized carbons (Fsp3) is 0.353. The van der Waals surface area contributed by atoms with E-state index in [2.05, 4.69) is 9.71 Å². The molecule has 1 aromatic carbocycles. The van der Waals surface area contributed by atoms with Crippen molar-refractivity contribution in [2.75, 3.05) is 13.1 Å². The van der Waals surface area contributed by atoms with Crippen molar-refractivity contribution in [2.45, 2.75) is 27.0 Å². The Morgan fingerprint density at radius 2 is 1.79 bits per heavy atom. The van der Waals surface area contributed by atoms with Gasteiger partial charge in [0.1, 0.15) is 6.61 Å². The van der Waals surface area contributed by atoms with Gasteiger partial charge in [-0.25, -0.2) is 4.98 Å². The summed E-state index contributed by atoms with van der Waals surface area (Å²) < 4.78 is 33.9. The van der Waals surface area contributed by atoms with E-state index in [0.29, 0.717) is 25.6 Å². The number of pyridine rings is 1. The Bertz CT molecular complexity index is 732. The number of aromatic nitrogens is 1. The maximum Gasteiger partial charge on any atom is 0.279 e. The minimum atomic E-state index is -3.47. The second-order valence-corrected chi connectivity index (χ2v) is 6.94. The highest BCUT2D eigenvalue weighted by Gasteiger charge is 2.17. The lowest BCUT2D eigenvalue weighted by Crippen LogP contribution is -2.40. The van der Waals surface area contributed by atoms with Crippen LogP contribution < -0.4 is 9.46 Å². The predicted octanol–water partition coefficient (Wildman–Crippen LogP) is 2.34. The van der Waals surface area contributed by atoms with E-state index in [1.807, 2.05) is 44.2 Å². The van der Waals surface area contributed by atoms with Crippen LogP contribution in [0.25, 0.3) is 0 Å². The third-order valence-corrected chi connectivity index (χ3v) is 5.24. The zero-order valence-corrected chi connectivity index (χ0v) is 14.8. The van der Waals surface area contributed by atoms with Gasteiger partial charge in [0, 0.05) is 31.9 Å². The van der Waals surface area contributed by atoms with Crippen molar-refractivity contribution >= 4 is 10.2 Å². The van der Waals surface area contributed by atoms with Gasteiger partial charge in [-0.05, 0) is 17.2 Å². The third kappa shape index (κ3) is 5.30. The van der Waals surface area contributed by atoms with Crippen LogP contribution in [-0.2, 0) is 23.4 Å². The summed E-state index contributed by atoms with van der Waals surface area (Å²) in [5.74, 6) is 0.471. The maximum absolute atomic E-state index is 12.1. The van der Waals surface area contributed by atoms with E-state index >= 15 is 0 Å². The first kappa shape index (κ1) is 18.4. The van der Waals surface area contributed by atoms with Gasteiger partial charge in [-0.1, -0.05) is 44.2 Å². The molecule has 2 rings (SSSR count). The van der Waals surface area contributed by atoms with Crippen molar-refractivity contribution < 1.29 is 13.2 Å². The van der Waals surface area contributed by atoms with Crippen LogP contribution in [0.4, 0.5) is 0 Å². The van der Waals surface area contributed by atoms with Crippen LogP contribution >= 0.6 is 0 Å². The van der Waals surface area contributed by atoms with Crippen molar-refractivity contribution in [3.63, 3.8) is 0 Å². The summed E-state index contributed by atoms with van der Waals surface area (Å²) in [5, 5.41) is 0. The first-order valence-corrected chi connectivity index (χ1v) is 9.35. The molecule has 0 atom stereocenters. The number of nitrogens with one attached hydrogen (secondary N) is 1. The molecule has 6 nitrogen and oxygen atoms in total. The Kier molecular flexibility index (Phi) is 6.72. The van der Waals surface area contributed by atoms with E-state index < -0.39 is 10.2 Å². The van der Waals surface area contributed by atoms with Gasteiger partial charge >= 0.3 is 0 Å². The van der Waals surface area contributed by atoms with E-state index in [4.69, 9.17) is 4.74 Å². The SMILES string of the molecule is CCN(CC)S(=O)(=O)NCc1ccnc(OCc2ccccc2)c1. The van der Waals surface area contributed by atoms with Gasteiger partial charge in [0.05, 0.1) is 0 Å². The molecule has 1 N–H and O–H groups in total. The standard InChI is InChI=1S/C17H23N3O3S/c1-3-20(4-2)24(21,22)19-13-16-10-11-18-17(12-16)23-14-15-8-6-5-7-9-15/h5-12,19H,3-4,13-14H2,1-2H3. The van der Waals surface area contributed by atoms with Gasteiger partial charge in [0.2, 0.25) is 5.88 Å². The summed E-state index contributed by atoms with van der Waals surface area (Å²) >= 11 is 0. The second kappa shape index (κ2) is 8.77. The Hall–Kier alpha value is -1.96. The molecule has 0 unspecified atom stereocenters. The molecule has 24 heavy (non-hydrogen) atoms. The highest BCUT2D eigenvalue weighted by atomic mass is 32.2. The highest BCUT2D eigenvalue weighted by Crippen LogP contribution is 2.12. The van der Waals surface area contributed by atoms with Crippen molar-refractivity contribution in [1.29, 1.82) is 0 Å². The molecule has 0 aliphatic rings. The van der Waals surface area contributed by atoms with Crippen molar-refractivity contribution in [3.05, 3.63) is 59.8 Å². The van der Waals surface area contributed by atoms with Crippen LogP contribution in [-0.4, -0.2) is 30.8 Å². The van der Waals surface area contributed by atoms with Crippen molar-refractivity contribution in [2.24, 2.45) is 0 Å². The molecule has 0 radical (unpaired) electrons. The number of ether oxygens (including phenoxy) is 1. The smallest absolute Gasteiger partial charge is 0.279 e. The molecule has 1 heterocycles. The van der Waals surface area contributed by atoms with E-state index in [-0.39, 0.29) is 6.54 Å². The Labute approximate surface area is 143 Å². The van der Waals surface area contributed by atoms with E-state index in [9.17, 15) is 8.42 Å². The molecule has 0 bridgehead atoms.